The minimum Gasteiger partial charge on any atom is -0.497 e. The first-order valence-electron chi connectivity index (χ1n) is 11.5. The molecule has 1 aromatic carbocycles. The number of piperidine rings is 2. The lowest BCUT2D eigenvalue weighted by molar-refractivity contribution is -0.145. The fourth-order valence-corrected chi connectivity index (χ4v) is 5.81. The fourth-order valence-electron chi connectivity index (χ4n) is 5.81. The molecule has 1 N–H and O–H groups in total. The van der Waals surface area contributed by atoms with Crippen molar-refractivity contribution in [2.24, 2.45) is 5.92 Å². The van der Waals surface area contributed by atoms with Crippen LogP contribution >= 0.6 is 0 Å². The Kier molecular flexibility index (Phi) is 6.54. The molecular weight excluding hydrogens is 380 g/mol. The van der Waals surface area contributed by atoms with Gasteiger partial charge in [0.1, 0.15) is 11.5 Å². The summed E-state index contributed by atoms with van der Waals surface area (Å²) in [6.45, 7) is 2.88. The molecule has 0 spiro atoms. The highest BCUT2D eigenvalue weighted by molar-refractivity contribution is 5.78. The summed E-state index contributed by atoms with van der Waals surface area (Å²) in [5, 5.41) is 11.5. The van der Waals surface area contributed by atoms with Crippen molar-refractivity contribution >= 4 is 5.91 Å². The molecule has 3 fully saturated rings. The number of benzene rings is 1. The molecule has 3 unspecified atom stereocenters. The number of fused-ring (bicyclic) bond motifs is 1. The second-order valence-corrected chi connectivity index (χ2v) is 9.17. The Morgan fingerprint density at radius 1 is 1.07 bits per heavy atom. The SMILES string of the molecule is COc1ccc(C2C3CCCCC3(O)CCN2CC(=O)N2CCCCC2)c(OC)c1. The average Bonchev–Trinajstić information content (AvgIpc) is 2.79. The molecule has 3 atom stereocenters. The Balaban J connectivity index is 1.65. The number of carbonyl (C=O) groups is 1. The topological polar surface area (TPSA) is 62.2 Å². The van der Waals surface area contributed by atoms with Crippen molar-refractivity contribution in [3.8, 4) is 11.5 Å². The van der Waals surface area contributed by atoms with Crippen molar-refractivity contribution in [1.82, 2.24) is 9.80 Å². The summed E-state index contributed by atoms with van der Waals surface area (Å²) in [5.41, 5.74) is 0.396. The third-order valence-corrected chi connectivity index (χ3v) is 7.48. The molecule has 6 nitrogen and oxygen atoms in total. The van der Waals surface area contributed by atoms with Crippen LogP contribution in [0, 0.1) is 5.92 Å². The molecule has 1 saturated carbocycles. The molecular formula is C24H36N2O4. The van der Waals surface area contributed by atoms with Gasteiger partial charge in [-0.2, -0.15) is 0 Å². The average molecular weight is 417 g/mol. The molecule has 0 radical (unpaired) electrons. The molecule has 2 saturated heterocycles. The van der Waals surface area contributed by atoms with Crippen molar-refractivity contribution in [2.75, 3.05) is 40.4 Å². The Hall–Kier alpha value is -1.79. The molecule has 1 aromatic rings. The van der Waals surface area contributed by atoms with E-state index >= 15 is 0 Å². The van der Waals surface area contributed by atoms with Gasteiger partial charge in [0.05, 0.1) is 26.4 Å². The van der Waals surface area contributed by atoms with E-state index < -0.39 is 5.60 Å². The largest absolute Gasteiger partial charge is 0.497 e. The maximum atomic E-state index is 13.1. The zero-order valence-corrected chi connectivity index (χ0v) is 18.4. The van der Waals surface area contributed by atoms with Gasteiger partial charge in [-0.05, 0) is 44.6 Å². The molecule has 30 heavy (non-hydrogen) atoms. The highest BCUT2D eigenvalue weighted by atomic mass is 16.5. The van der Waals surface area contributed by atoms with Crippen LogP contribution in [0.5, 0.6) is 11.5 Å². The number of likely N-dealkylation sites (tertiary alicyclic amines) is 2. The Morgan fingerprint density at radius 2 is 1.87 bits per heavy atom. The van der Waals surface area contributed by atoms with E-state index in [0.29, 0.717) is 6.54 Å². The Bertz CT molecular complexity index is 749. The van der Waals surface area contributed by atoms with Gasteiger partial charge in [0.2, 0.25) is 5.91 Å². The van der Waals surface area contributed by atoms with Crippen LogP contribution < -0.4 is 9.47 Å². The highest BCUT2D eigenvalue weighted by Crippen LogP contribution is 2.51. The van der Waals surface area contributed by atoms with Crippen molar-refractivity contribution < 1.29 is 19.4 Å². The van der Waals surface area contributed by atoms with Gasteiger partial charge in [-0.1, -0.05) is 18.9 Å². The van der Waals surface area contributed by atoms with Gasteiger partial charge in [0.15, 0.2) is 0 Å². The van der Waals surface area contributed by atoms with E-state index in [1.54, 1.807) is 14.2 Å². The Morgan fingerprint density at radius 3 is 2.60 bits per heavy atom. The zero-order valence-electron chi connectivity index (χ0n) is 18.4. The van der Waals surface area contributed by atoms with Gasteiger partial charge in [0.25, 0.3) is 0 Å². The van der Waals surface area contributed by atoms with Crippen LogP contribution in [0.4, 0.5) is 0 Å². The summed E-state index contributed by atoms with van der Waals surface area (Å²) in [7, 11) is 3.33. The van der Waals surface area contributed by atoms with E-state index in [1.165, 1.54) is 6.42 Å². The van der Waals surface area contributed by atoms with E-state index in [1.807, 2.05) is 17.0 Å². The van der Waals surface area contributed by atoms with Gasteiger partial charge in [0, 0.05) is 43.2 Å². The van der Waals surface area contributed by atoms with E-state index in [2.05, 4.69) is 11.0 Å². The van der Waals surface area contributed by atoms with Crippen LogP contribution in [-0.2, 0) is 4.79 Å². The first kappa shape index (κ1) is 21.4. The lowest BCUT2D eigenvalue weighted by Gasteiger charge is -2.53. The molecule has 0 aromatic heterocycles. The van der Waals surface area contributed by atoms with Crippen LogP contribution in [0.25, 0.3) is 0 Å². The molecule has 4 rings (SSSR count). The molecule has 166 valence electrons. The van der Waals surface area contributed by atoms with Crippen LogP contribution in [0.15, 0.2) is 18.2 Å². The standard InChI is InChI=1S/C24H36N2O4/c1-29-18-9-10-19(21(16-18)30-2)23-20-8-4-5-11-24(20,28)12-15-26(23)17-22(27)25-13-6-3-7-14-25/h9-10,16,20,23,28H,3-8,11-15,17H2,1-2H3. The number of nitrogens with zero attached hydrogens (tertiary/aromatic N) is 2. The summed E-state index contributed by atoms with van der Waals surface area (Å²) in [4.78, 5) is 17.4. The van der Waals surface area contributed by atoms with Crippen LogP contribution in [-0.4, -0.2) is 66.8 Å². The number of aliphatic hydroxyl groups is 1. The highest BCUT2D eigenvalue weighted by Gasteiger charge is 2.50. The lowest BCUT2D eigenvalue weighted by atomic mass is 9.66. The van der Waals surface area contributed by atoms with Crippen molar-refractivity contribution in [1.29, 1.82) is 0 Å². The van der Waals surface area contributed by atoms with Crippen molar-refractivity contribution in [3.05, 3.63) is 23.8 Å². The predicted octanol–water partition coefficient (Wildman–Crippen LogP) is 3.38. The lowest BCUT2D eigenvalue weighted by Crippen LogP contribution is -2.56. The minimum absolute atomic E-state index is 0.0290. The predicted molar refractivity (Wildman–Crippen MR) is 116 cm³/mol. The number of carbonyl (C=O) groups excluding carboxylic acids is 1. The van der Waals surface area contributed by atoms with Crippen LogP contribution in [0.2, 0.25) is 0 Å². The number of rotatable bonds is 5. The molecule has 1 amide bonds. The number of hydrogen-bond donors (Lipinski definition) is 1. The summed E-state index contributed by atoms with van der Waals surface area (Å²) in [6.07, 6.45) is 8.18. The maximum Gasteiger partial charge on any atom is 0.236 e. The molecule has 3 aliphatic rings. The second-order valence-electron chi connectivity index (χ2n) is 9.17. The molecule has 2 aliphatic heterocycles. The number of ether oxygens (including phenoxy) is 2. The zero-order chi connectivity index (χ0) is 21.1. The summed E-state index contributed by atoms with van der Waals surface area (Å²) < 4.78 is 11.1. The van der Waals surface area contributed by atoms with Gasteiger partial charge in [-0.25, -0.2) is 0 Å². The first-order chi connectivity index (χ1) is 14.6. The smallest absolute Gasteiger partial charge is 0.236 e. The summed E-state index contributed by atoms with van der Waals surface area (Å²) >= 11 is 0. The number of amides is 1. The summed E-state index contributed by atoms with van der Waals surface area (Å²) in [5.74, 6) is 1.84. The quantitative estimate of drug-likeness (QED) is 0.797. The van der Waals surface area contributed by atoms with E-state index in [0.717, 1.165) is 81.6 Å². The van der Waals surface area contributed by atoms with Crippen molar-refractivity contribution in [2.45, 2.75) is 63.0 Å². The third-order valence-electron chi connectivity index (χ3n) is 7.48. The first-order valence-corrected chi connectivity index (χ1v) is 11.5. The molecule has 1 aliphatic carbocycles. The number of hydrogen-bond acceptors (Lipinski definition) is 5. The van der Waals surface area contributed by atoms with E-state index in [-0.39, 0.29) is 17.9 Å². The Labute approximate surface area is 180 Å². The van der Waals surface area contributed by atoms with Crippen LogP contribution in [0.3, 0.4) is 0 Å². The van der Waals surface area contributed by atoms with Gasteiger partial charge in [-0.15, -0.1) is 0 Å². The maximum absolute atomic E-state index is 13.1. The molecule has 2 heterocycles. The van der Waals surface area contributed by atoms with E-state index in [4.69, 9.17) is 9.47 Å². The molecule has 0 bridgehead atoms. The van der Waals surface area contributed by atoms with Crippen LogP contribution in [0.1, 0.15) is 63.0 Å². The molecule has 6 heteroatoms. The minimum atomic E-state index is -0.654. The normalized spacial score (nSPS) is 29.9. The van der Waals surface area contributed by atoms with Gasteiger partial charge in [-0.3, -0.25) is 9.69 Å². The monoisotopic (exact) mass is 416 g/mol. The van der Waals surface area contributed by atoms with Crippen molar-refractivity contribution in [3.63, 3.8) is 0 Å². The summed E-state index contributed by atoms with van der Waals surface area (Å²) in [6, 6.07) is 5.90. The third kappa shape index (κ3) is 4.17. The van der Waals surface area contributed by atoms with E-state index in [9.17, 15) is 9.90 Å². The fraction of sp³-hybridized carbons (Fsp3) is 0.708. The second kappa shape index (κ2) is 9.15. The van der Waals surface area contributed by atoms with Gasteiger partial charge >= 0.3 is 0 Å². The number of methoxy groups -OCH3 is 2. The van der Waals surface area contributed by atoms with Gasteiger partial charge < -0.3 is 19.5 Å².